The monoisotopic (exact) mass is 348 g/mol. The fourth-order valence-electron chi connectivity index (χ4n) is 0.719. The lowest BCUT2D eigenvalue weighted by atomic mass is 10.0. The van der Waals surface area contributed by atoms with Crippen LogP contribution in [0.2, 0.25) is 0 Å². The van der Waals surface area contributed by atoms with Gasteiger partial charge in [-0.3, -0.25) is 0 Å². The first kappa shape index (κ1) is 19.2. The van der Waals surface area contributed by atoms with Crippen LogP contribution in [0.25, 0.3) is 0 Å². The molecular formula is C7HClF12. The third-order valence-electron chi connectivity index (χ3n) is 1.75. The van der Waals surface area contributed by atoms with Crippen molar-refractivity contribution in [3.8, 4) is 0 Å². The van der Waals surface area contributed by atoms with Crippen LogP contribution in [0.4, 0.5) is 52.7 Å². The van der Waals surface area contributed by atoms with Crippen LogP contribution in [-0.2, 0) is 0 Å². The molecule has 0 aliphatic rings. The second kappa shape index (κ2) is 4.88. The fraction of sp³-hybridized carbons (Fsp3) is 0.714. The highest BCUT2D eigenvalue weighted by molar-refractivity contribution is 6.30. The molecule has 0 aliphatic carbocycles. The van der Waals surface area contributed by atoms with Crippen LogP contribution in [0.3, 0.4) is 0 Å². The maximum Gasteiger partial charge on any atom is 0.460 e. The van der Waals surface area contributed by atoms with Crippen molar-refractivity contribution < 1.29 is 52.7 Å². The maximum absolute atomic E-state index is 12.6. The van der Waals surface area contributed by atoms with E-state index in [0.717, 1.165) is 0 Å². The summed E-state index contributed by atoms with van der Waals surface area (Å²) in [6.45, 7) is 0. The van der Waals surface area contributed by atoms with Gasteiger partial charge >= 0.3 is 30.1 Å². The summed E-state index contributed by atoms with van der Waals surface area (Å²) in [6, 6.07) is 0. The van der Waals surface area contributed by atoms with Crippen LogP contribution < -0.4 is 0 Å². The SMILES string of the molecule is FC(F)(F)C(Cl)=CC(F)(F)C(F)(F)C(F)(F)C(F)(F)F. The van der Waals surface area contributed by atoms with Crippen LogP contribution in [0.15, 0.2) is 11.1 Å². The van der Waals surface area contributed by atoms with Crippen LogP contribution in [0, 0.1) is 0 Å². The molecule has 0 atom stereocenters. The van der Waals surface area contributed by atoms with E-state index in [-0.39, 0.29) is 0 Å². The normalized spacial score (nSPS) is 16.6. The molecule has 0 saturated carbocycles. The fourth-order valence-corrected chi connectivity index (χ4v) is 0.856. The van der Waals surface area contributed by atoms with Crippen molar-refractivity contribution in [2.24, 2.45) is 0 Å². The molecule has 0 nitrogen and oxygen atoms in total. The summed E-state index contributed by atoms with van der Waals surface area (Å²) in [6.07, 6.45) is -14.8. The summed E-state index contributed by atoms with van der Waals surface area (Å²) < 4.78 is 145. The molecule has 0 aliphatic heterocycles. The zero-order valence-corrected chi connectivity index (χ0v) is 9.25. The van der Waals surface area contributed by atoms with Crippen molar-refractivity contribution in [2.75, 3.05) is 0 Å². The highest BCUT2D eigenvalue weighted by atomic mass is 35.5. The van der Waals surface area contributed by atoms with E-state index in [1.54, 1.807) is 0 Å². The standard InChI is InChI=1S/C7HClF12/c8-2(4(11,12)13)1-3(9,10)5(14,15)6(16,17)7(18,19)20/h1H. The van der Waals surface area contributed by atoms with E-state index in [1.165, 1.54) is 0 Å². The molecule has 0 aromatic carbocycles. The predicted octanol–water partition coefficient (Wildman–Crippen LogP) is 5.14. The molecule has 0 bridgehead atoms. The second-order valence-corrected chi connectivity index (χ2v) is 3.67. The predicted molar refractivity (Wildman–Crippen MR) is 40.9 cm³/mol. The minimum Gasteiger partial charge on any atom is -0.195 e. The van der Waals surface area contributed by atoms with Crippen molar-refractivity contribution in [3.63, 3.8) is 0 Å². The van der Waals surface area contributed by atoms with Crippen molar-refractivity contribution in [3.05, 3.63) is 11.1 Å². The van der Waals surface area contributed by atoms with Crippen LogP contribution in [-0.4, -0.2) is 30.1 Å². The van der Waals surface area contributed by atoms with E-state index in [4.69, 9.17) is 0 Å². The number of rotatable bonds is 3. The molecule has 0 radical (unpaired) electrons. The summed E-state index contributed by atoms with van der Waals surface area (Å²) in [5, 5.41) is -2.97. The lowest BCUT2D eigenvalue weighted by Crippen LogP contribution is -2.60. The Morgan fingerprint density at radius 1 is 0.650 bits per heavy atom. The van der Waals surface area contributed by atoms with Gasteiger partial charge in [0.05, 0.1) is 0 Å². The maximum atomic E-state index is 12.6. The molecule has 13 heteroatoms. The van der Waals surface area contributed by atoms with Crippen LogP contribution >= 0.6 is 11.6 Å². The van der Waals surface area contributed by atoms with Gasteiger partial charge in [-0.05, 0) is 0 Å². The quantitative estimate of drug-likeness (QED) is 0.620. The minimum atomic E-state index is -7.28. The Morgan fingerprint density at radius 2 is 1.00 bits per heavy atom. The number of alkyl halides is 12. The molecule has 0 aromatic heterocycles. The Hall–Kier alpha value is -0.810. The lowest BCUT2D eigenvalue weighted by Gasteiger charge is -2.32. The number of hydrogen-bond acceptors (Lipinski definition) is 0. The van der Waals surface area contributed by atoms with E-state index in [9.17, 15) is 52.7 Å². The van der Waals surface area contributed by atoms with Crippen molar-refractivity contribution in [1.82, 2.24) is 0 Å². The summed E-state index contributed by atoms with van der Waals surface area (Å²) in [5.41, 5.74) is 0. The number of allylic oxidation sites excluding steroid dienone is 2. The molecule has 0 rings (SSSR count). The summed E-state index contributed by atoms with van der Waals surface area (Å²) >= 11 is 4.11. The molecule has 120 valence electrons. The highest BCUT2D eigenvalue weighted by Gasteiger charge is 2.81. The van der Waals surface area contributed by atoms with Gasteiger partial charge in [-0.15, -0.1) is 0 Å². The largest absolute Gasteiger partial charge is 0.460 e. The molecule has 0 unspecified atom stereocenters. The van der Waals surface area contributed by atoms with Gasteiger partial charge in [0.15, 0.2) is 0 Å². The van der Waals surface area contributed by atoms with Gasteiger partial charge in [0, 0.05) is 6.08 Å². The first-order valence-corrected chi connectivity index (χ1v) is 4.41. The van der Waals surface area contributed by atoms with E-state index >= 15 is 0 Å². The average Bonchev–Trinajstić information content (AvgIpc) is 2.12. The van der Waals surface area contributed by atoms with E-state index in [0.29, 0.717) is 0 Å². The molecule has 0 N–H and O–H groups in total. The third kappa shape index (κ3) is 3.26. The zero-order valence-electron chi connectivity index (χ0n) is 8.49. The highest BCUT2D eigenvalue weighted by Crippen LogP contribution is 2.54. The van der Waals surface area contributed by atoms with Crippen LogP contribution in [0.5, 0.6) is 0 Å². The van der Waals surface area contributed by atoms with Crippen molar-refractivity contribution >= 4 is 11.6 Å². The lowest BCUT2D eigenvalue weighted by molar-refractivity contribution is -0.388. The van der Waals surface area contributed by atoms with Gasteiger partial charge in [0.2, 0.25) is 0 Å². The Bertz CT molecular complexity index is 386. The topological polar surface area (TPSA) is 0 Å². The third-order valence-corrected chi connectivity index (χ3v) is 2.07. The molecule has 0 saturated heterocycles. The molecule has 20 heavy (non-hydrogen) atoms. The molecule has 0 aromatic rings. The molecule has 0 heterocycles. The van der Waals surface area contributed by atoms with Gasteiger partial charge in [-0.2, -0.15) is 52.7 Å². The Kier molecular flexibility index (Phi) is 4.68. The first-order valence-electron chi connectivity index (χ1n) is 4.03. The Labute approximate surface area is 107 Å². The molecule has 0 spiro atoms. The second-order valence-electron chi connectivity index (χ2n) is 3.26. The Balaban J connectivity index is 5.84. The van der Waals surface area contributed by atoms with Crippen molar-refractivity contribution in [1.29, 1.82) is 0 Å². The number of halogens is 13. The van der Waals surface area contributed by atoms with Gasteiger partial charge < -0.3 is 0 Å². The molecular weight excluding hydrogens is 348 g/mol. The zero-order chi connectivity index (χ0) is 16.8. The van der Waals surface area contributed by atoms with Gasteiger partial charge in [0.1, 0.15) is 5.03 Å². The van der Waals surface area contributed by atoms with Crippen molar-refractivity contribution in [2.45, 2.75) is 30.1 Å². The smallest absolute Gasteiger partial charge is 0.195 e. The Morgan fingerprint density at radius 3 is 1.25 bits per heavy atom. The van der Waals surface area contributed by atoms with E-state index in [2.05, 4.69) is 11.6 Å². The number of hydrogen-bond donors (Lipinski definition) is 0. The first-order chi connectivity index (χ1) is 8.38. The molecule has 0 amide bonds. The summed E-state index contributed by atoms with van der Waals surface area (Å²) in [7, 11) is 0. The van der Waals surface area contributed by atoms with E-state index in [1.807, 2.05) is 0 Å². The molecule has 0 fully saturated rings. The summed E-state index contributed by atoms with van der Waals surface area (Å²) in [4.78, 5) is 0. The minimum absolute atomic E-state index is 1.91. The van der Waals surface area contributed by atoms with Gasteiger partial charge in [-0.1, -0.05) is 11.6 Å². The average molecular weight is 349 g/mol. The van der Waals surface area contributed by atoms with Gasteiger partial charge in [0.25, 0.3) is 0 Å². The summed E-state index contributed by atoms with van der Waals surface area (Å²) in [5.74, 6) is -21.0. The van der Waals surface area contributed by atoms with Gasteiger partial charge in [-0.25, -0.2) is 0 Å². The van der Waals surface area contributed by atoms with Crippen LogP contribution in [0.1, 0.15) is 0 Å². The van der Waals surface area contributed by atoms with E-state index < -0.39 is 41.2 Å².